The van der Waals surface area contributed by atoms with E-state index in [0.717, 1.165) is 16.4 Å². The largest absolute Gasteiger partial charge is 0.433 e. The fraction of sp³-hybridized carbons (Fsp3) is 0.538. The van der Waals surface area contributed by atoms with Crippen molar-refractivity contribution in [3.8, 4) is 0 Å². The highest BCUT2D eigenvalue weighted by Crippen LogP contribution is 2.29. The molecule has 0 spiro atoms. The van der Waals surface area contributed by atoms with Crippen molar-refractivity contribution in [1.82, 2.24) is 24.9 Å². The van der Waals surface area contributed by atoms with Gasteiger partial charge in [0.15, 0.2) is 0 Å². The molecule has 0 aliphatic carbocycles. The molecular weight excluding hydrogens is 283 g/mol. The fourth-order valence-electron chi connectivity index (χ4n) is 2.14. The topological polar surface area (TPSA) is 47.7 Å². The summed E-state index contributed by atoms with van der Waals surface area (Å²) < 4.78 is 40.7. The van der Waals surface area contributed by atoms with Crippen LogP contribution in [0.4, 0.5) is 13.2 Å². The Morgan fingerprint density at radius 3 is 2.57 bits per heavy atom. The van der Waals surface area contributed by atoms with Gasteiger partial charge in [0.05, 0.1) is 11.4 Å². The molecule has 0 saturated heterocycles. The highest BCUT2D eigenvalue weighted by atomic mass is 19.4. The van der Waals surface area contributed by atoms with E-state index in [-0.39, 0.29) is 12.6 Å². The third-order valence-electron chi connectivity index (χ3n) is 3.07. The van der Waals surface area contributed by atoms with Gasteiger partial charge in [0, 0.05) is 32.4 Å². The number of hydrogen-bond donors (Lipinski definition) is 1. The summed E-state index contributed by atoms with van der Waals surface area (Å²) in [4.78, 5) is 0. The third-order valence-corrected chi connectivity index (χ3v) is 3.07. The summed E-state index contributed by atoms with van der Waals surface area (Å²) >= 11 is 0. The maximum absolute atomic E-state index is 12.7. The molecule has 0 bridgehead atoms. The van der Waals surface area contributed by atoms with Gasteiger partial charge >= 0.3 is 6.18 Å². The van der Waals surface area contributed by atoms with E-state index in [4.69, 9.17) is 0 Å². The smallest absolute Gasteiger partial charge is 0.305 e. The second-order valence-electron chi connectivity index (χ2n) is 5.11. The monoisotopic (exact) mass is 301 g/mol. The summed E-state index contributed by atoms with van der Waals surface area (Å²) in [5.74, 6) is 0. The lowest BCUT2D eigenvalue weighted by Gasteiger charge is -2.11. The van der Waals surface area contributed by atoms with Crippen molar-refractivity contribution in [2.75, 3.05) is 0 Å². The Morgan fingerprint density at radius 1 is 1.29 bits per heavy atom. The molecule has 0 aliphatic rings. The quantitative estimate of drug-likeness (QED) is 0.923. The molecule has 0 radical (unpaired) electrons. The van der Waals surface area contributed by atoms with Crippen molar-refractivity contribution in [3.05, 3.63) is 35.4 Å². The van der Waals surface area contributed by atoms with Crippen LogP contribution in [0.15, 0.2) is 18.3 Å². The molecule has 0 amide bonds. The molecule has 0 fully saturated rings. The Bertz CT molecular complexity index is 597. The summed E-state index contributed by atoms with van der Waals surface area (Å²) in [5.41, 5.74) is 0.601. The van der Waals surface area contributed by atoms with Crippen molar-refractivity contribution in [3.63, 3.8) is 0 Å². The van der Waals surface area contributed by atoms with E-state index in [0.29, 0.717) is 12.2 Å². The van der Waals surface area contributed by atoms with Crippen molar-refractivity contribution in [1.29, 1.82) is 0 Å². The van der Waals surface area contributed by atoms with Crippen molar-refractivity contribution in [2.45, 2.75) is 39.2 Å². The second-order valence-corrected chi connectivity index (χ2v) is 5.11. The Labute approximate surface area is 120 Å². The lowest BCUT2D eigenvalue weighted by molar-refractivity contribution is -0.143. The van der Waals surface area contributed by atoms with E-state index in [9.17, 15) is 13.2 Å². The second kappa shape index (κ2) is 5.88. The van der Waals surface area contributed by atoms with Crippen LogP contribution in [0.25, 0.3) is 0 Å². The fourth-order valence-corrected chi connectivity index (χ4v) is 2.14. The van der Waals surface area contributed by atoms with E-state index in [1.807, 2.05) is 24.6 Å². The van der Waals surface area contributed by atoms with Gasteiger partial charge in [0.2, 0.25) is 0 Å². The van der Waals surface area contributed by atoms with Gasteiger partial charge in [0.25, 0.3) is 0 Å². The van der Waals surface area contributed by atoms with Crippen LogP contribution >= 0.6 is 0 Å². The van der Waals surface area contributed by atoms with E-state index >= 15 is 0 Å². The molecule has 2 rings (SSSR count). The van der Waals surface area contributed by atoms with Crippen LogP contribution in [0, 0.1) is 0 Å². The standard InChI is InChI=1S/C13H18F3N5/c1-9(2)21-11(4-5-18-21)8-17-7-10-6-12(13(14,15)16)20(3)19-10/h4-6,9,17H,7-8H2,1-3H3. The molecule has 1 N–H and O–H groups in total. The lowest BCUT2D eigenvalue weighted by Crippen LogP contribution is -2.17. The van der Waals surface area contributed by atoms with Gasteiger partial charge in [-0.15, -0.1) is 0 Å². The number of rotatable bonds is 5. The minimum atomic E-state index is -4.38. The number of alkyl halides is 3. The summed E-state index contributed by atoms with van der Waals surface area (Å²) in [6.45, 7) is 4.83. The molecule has 116 valence electrons. The molecule has 0 aromatic carbocycles. The summed E-state index contributed by atoms with van der Waals surface area (Å²) in [6, 6.07) is 3.18. The molecule has 2 aromatic heterocycles. The Morgan fingerprint density at radius 2 is 2.00 bits per heavy atom. The van der Waals surface area contributed by atoms with Crippen LogP contribution in [0.1, 0.15) is 37.0 Å². The van der Waals surface area contributed by atoms with Gasteiger partial charge in [-0.25, -0.2) is 0 Å². The number of halogens is 3. The minimum Gasteiger partial charge on any atom is -0.305 e. The number of hydrogen-bond acceptors (Lipinski definition) is 3. The van der Waals surface area contributed by atoms with Crippen LogP contribution in [0.2, 0.25) is 0 Å². The summed E-state index contributed by atoms with van der Waals surface area (Å²) in [5, 5.41) is 11.2. The first-order chi connectivity index (χ1) is 9.79. The minimum absolute atomic E-state index is 0.239. The van der Waals surface area contributed by atoms with Gasteiger partial charge in [-0.1, -0.05) is 0 Å². The van der Waals surface area contributed by atoms with Crippen molar-refractivity contribution < 1.29 is 13.2 Å². The van der Waals surface area contributed by atoms with Crippen LogP contribution in [0.5, 0.6) is 0 Å². The Balaban J connectivity index is 1.97. The molecule has 2 heterocycles. The van der Waals surface area contributed by atoms with E-state index < -0.39 is 11.9 Å². The number of nitrogens with one attached hydrogen (secondary N) is 1. The zero-order valence-electron chi connectivity index (χ0n) is 12.1. The first-order valence-electron chi connectivity index (χ1n) is 6.62. The average Bonchev–Trinajstić information content (AvgIpc) is 2.95. The summed E-state index contributed by atoms with van der Waals surface area (Å²) in [7, 11) is 1.29. The molecule has 0 aliphatic heterocycles. The van der Waals surface area contributed by atoms with Gasteiger partial charge in [-0.2, -0.15) is 23.4 Å². The van der Waals surface area contributed by atoms with Crippen LogP contribution in [0.3, 0.4) is 0 Å². The third kappa shape index (κ3) is 3.63. The number of aryl methyl sites for hydroxylation is 1. The highest BCUT2D eigenvalue weighted by Gasteiger charge is 2.34. The first kappa shape index (κ1) is 15.6. The maximum atomic E-state index is 12.7. The van der Waals surface area contributed by atoms with E-state index in [1.54, 1.807) is 6.20 Å². The average molecular weight is 301 g/mol. The zero-order chi connectivity index (χ0) is 15.6. The number of nitrogens with zero attached hydrogens (tertiary/aromatic N) is 4. The predicted molar refractivity (Wildman–Crippen MR) is 71.4 cm³/mol. The van der Waals surface area contributed by atoms with Crippen LogP contribution < -0.4 is 5.32 Å². The molecule has 5 nitrogen and oxygen atoms in total. The van der Waals surface area contributed by atoms with E-state index in [1.165, 1.54) is 7.05 Å². The van der Waals surface area contributed by atoms with Gasteiger partial charge in [-0.3, -0.25) is 9.36 Å². The number of aromatic nitrogens is 4. The molecule has 21 heavy (non-hydrogen) atoms. The summed E-state index contributed by atoms with van der Waals surface area (Å²) in [6.07, 6.45) is -2.67. The van der Waals surface area contributed by atoms with Crippen LogP contribution in [-0.2, 0) is 26.3 Å². The van der Waals surface area contributed by atoms with Crippen LogP contribution in [-0.4, -0.2) is 19.6 Å². The van der Waals surface area contributed by atoms with E-state index in [2.05, 4.69) is 15.5 Å². The molecule has 0 unspecified atom stereocenters. The molecular formula is C13H18F3N5. The first-order valence-corrected chi connectivity index (χ1v) is 6.62. The highest BCUT2D eigenvalue weighted by molar-refractivity contribution is 5.13. The molecule has 8 heteroatoms. The zero-order valence-corrected chi connectivity index (χ0v) is 12.1. The van der Waals surface area contributed by atoms with Gasteiger partial charge in [-0.05, 0) is 26.0 Å². The normalized spacial score (nSPS) is 12.3. The Kier molecular flexibility index (Phi) is 4.36. The molecule has 2 aromatic rings. The Hall–Kier alpha value is -1.83. The molecule has 0 saturated carbocycles. The predicted octanol–water partition coefficient (Wildman–Crippen LogP) is 2.51. The molecule has 0 atom stereocenters. The van der Waals surface area contributed by atoms with Crippen molar-refractivity contribution in [2.24, 2.45) is 7.05 Å². The lowest BCUT2D eigenvalue weighted by atomic mass is 10.3. The maximum Gasteiger partial charge on any atom is 0.433 e. The van der Waals surface area contributed by atoms with Gasteiger partial charge < -0.3 is 5.32 Å². The SMILES string of the molecule is CC(C)n1nccc1CNCc1cc(C(F)(F)F)n(C)n1. The van der Waals surface area contributed by atoms with Gasteiger partial charge in [0.1, 0.15) is 5.69 Å². The van der Waals surface area contributed by atoms with Crippen molar-refractivity contribution >= 4 is 0 Å².